The van der Waals surface area contributed by atoms with Crippen LogP contribution in [0.5, 0.6) is 0 Å². The summed E-state index contributed by atoms with van der Waals surface area (Å²) in [5, 5.41) is 3.51. The molecular formula is C31H35F4N7O. The molecule has 12 heteroatoms. The molecule has 0 bridgehead atoms. The maximum atomic E-state index is 14.1. The Morgan fingerprint density at radius 1 is 1.19 bits per heavy atom. The molecule has 3 aromatic heterocycles. The van der Waals surface area contributed by atoms with E-state index in [0.29, 0.717) is 43.1 Å². The standard InChI is InChI=1S/C31H35F4N7O/c1-19-14-40(24(13-37-19)15-39-10-9-36-20(39)2)17-27(43)42-18-30(3,4)28-25(42)12-22(11-21-5-7-23(32)8-6-21)29-38-26(16-41(28)29)31(33,34)35/h5-10,12,16,19,24,37H,11,13-15,17-18H2,1-4H3/t19-,24-/m1/s1. The van der Waals surface area contributed by atoms with E-state index in [-0.39, 0.29) is 36.6 Å². The molecule has 1 saturated heterocycles. The predicted molar refractivity (Wildman–Crippen MR) is 155 cm³/mol. The van der Waals surface area contributed by atoms with Gasteiger partial charge in [0.25, 0.3) is 0 Å². The number of nitrogens with zero attached hydrogens (tertiary/aromatic N) is 6. The highest BCUT2D eigenvalue weighted by Crippen LogP contribution is 2.43. The minimum atomic E-state index is -4.63. The Bertz CT molecular complexity index is 1660. The van der Waals surface area contributed by atoms with E-state index in [0.717, 1.165) is 17.6 Å². The average molecular weight is 598 g/mol. The van der Waals surface area contributed by atoms with E-state index >= 15 is 0 Å². The van der Waals surface area contributed by atoms with Crippen LogP contribution in [-0.2, 0) is 29.4 Å². The molecule has 0 unspecified atom stereocenters. The number of anilines is 1. The highest BCUT2D eigenvalue weighted by atomic mass is 19.4. The number of nitrogens with one attached hydrogen (secondary N) is 1. The molecule has 2 aliphatic rings. The van der Waals surface area contributed by atoms with Gasteiger partial charge in [-0.05, 0) is 37.6 Å². The van der Waals surface area contributed by atoms with Crippen LogP contribution in [0.1, 0.15) is 49.1 Å². The summed E-state index contributed by atoms with van der Waals surface area (Å²) in [5.41, 5.74) is 1.00. The van der Waals surface area contributed by atoms with Gasteiger partial charge in [0.15, 0.2) is 5.69 Å². The number of aryl methyl sites for hydroxylation is 1. The number of carbonyl (C=O) groups is 1. The minimum absolute atomic E-state index is 0.0580. The van der Waals surface area contributed by atoms with Crippen molar-refractivity contribution in [1.82, 2.24) is 29.2 Å². The highest BCUT2D eigenvalue weighted by molar-refractivity contribution is 5.98. The number of rotatable bonds is 6. The SMILES string of the molecule is Cc1nccn1C[C@H]1CN[C@H](C)CN1CC(=O)N1CC(C)(C)c2c1cc(Cc1ccc(F)cc1)c1nc(C(F)(F)F)cn21. The van der Waals surface area contributed by atoms with Crippen LogP contribution in [0.25, 0.3) is 5.65 Å². The monoisotopic (exact) mass is 597 g/mol. The summed E-state index contributed by atoms with van der Waals surface area (Å²) in [6, 6.07) is 7.90. The Hall–Kier alpha value is -3.77. The zero-order valence-corrected chi connectivity index (χ0v) is 24.6. The van der Waals surface area contributed by atoms with Crippen molar-refractivity contribution in [3.63, 3.8) is 0 Å². The molecular weight excluding hydrogens is 562 g/mol. The molecule has 2 atom stereocenters. The van der Waals surface area contributed by atoms with Crippen LogP contribution in [0.2, 0.25) is 0 Å². The van der Waals surface area contributed by atoms with Gasteiger partial charge < -0.3 is 19.2 Å². The number of benzene rings is 1. The Labute approximate surface area is 247 Å². The van der Waals surface area contributed by atoms with Crippen LogP contribution < -0.4 is 10.2 Å². The zero-order chi connectivity index (χ0) is 30.7. The summed E-state index contributed by atoms with van der Waals surface area (Å²) < 4.78 is 58.8. The fraction of sp³-hybridized carbons (Fsp3) is 0.452. The Kier molecular flexibility index (Phi) is 7.32. The summed E-state index contributed by atoms with van der Waals surface area (Å²) in [6.07, 6.45) is 0.319. The number of imidazole rings is 2. The molecule has 1 aromatic carbocycles. The molecule has 1 N–H and O–H groups in total. The van der Waals surface area contributed by atoms with Crippen LogP contribution in [0, 0.1) is 12.7 Å². The minimum Gasteiger partial charge on any atom is -0.334 e. The van der Waals surface area contributed by atoms with Crippen molar-refractivity contribution in [2.45, 2.75) is 64.3 Å². The van der Waals surface area contributed by atoms with Crippen molar-refractivity contribution in [2.75, 3.05) is 31.1 Å². The van der Waals surface area contributed by atoms with Gasteiger partial charge in [-0.25, -0.2) is 14.4 Å². The van der Waals surface area contributed by atoms with E-state index in [9.17, 15) is 22.4 Å². The van der Waals surface area contributed by atoms with Crippen molar-refractivity contribution < 1.29 is 22.4 Å². The van der Waals surface area contributed by atoms with Crippen LogP contribution in [0.15, 0.2) is 48.9 Å². The molecule has 228 valence electrons. The maximum absolute atomic E-state index is 14.1. The maximum Gasteiger partial charge on any atom is 0.434 e. The lowest BCUT2D eigenvalue weighted by Gasteiger charge is -2.40. The molecule has 0 radical (unpaired) electrons. The number of hydrogen-bond acceptors (Lipinski definition) is 5. The Balaban J connectivity index is 1.37. The second kappa shape index (κ2) is 10.7. The quantitative estimate of drug-likeness (QED) is 0.330. The van der Waals surface area contributed by atoms with Crippen molar-refractivity contribution in [3.8, 4) is 0 Å². The number of aromatic nitrogens is 4. The van der Waals surface area contributed by atoms with E-state index in [4.69, 9.17) is 0 Å². The fourth-order valence-corrected chi connectivity index (χ4v) is 6.43. The number of amides is 1. The van der Waals surface area contributed by atoms with E-state index in [1.165, 1.54) is 16.5 Å². The van der Waals surface area contributed by atoms with Crippen LogP contribution in [0.4, 0.5) is 23.2 Å². The molecule has 43 heavy (non-hydrogen) atoms. The third kappa shape index (κ3) is 5.65. The first-order valence-electron chi connectivity index (χ1n) is 14.4. The predicted octanol–water partition coefficient (Wildman–Crippen LogP) is 4.57. The number of fused-ring (bicyclic) bond motifs is 3. The second-order valence-electron chi connectivity index (χ2n) is 12.4. The van der Waals surface area contributed by atoms with Crippen molar-refractivity contribution in [1.29, 1.82) is 0 Å². The first-order chi connectivity index (χ1) is 20.3. The summed E-state index contributed by atoms with van der Waals surface area (Å²) >= 11 is 0. The normalized spacial score (nSPS) is 20.6. The number of carbonyl (C=O) groups excluding carboxylic acids is 1. The molecule has 1 fully saturated rings. The van der Waals surface area contributed by atoms with Gasteiger partial charge in [-0.3, -0.25) is 9.69 Å². The number of piperazine rings is 1. The van der Waals surface area contributed by atoms with Crippen molar-refractivity contribution >= 4 is 17.2 Å². The molecule has 2 aliphatic heterocycles. The summed E-state index contributed by atoms with van der Waals surface area (Å²) in [5.74, 6) is 0.387. The summed E-state index contributed by atoms with van der Waals surface area (Å²) in [6.45, 7) is 10.5. The number of hydrogen-bond donors (Lipinski definition) is 1. The molecule has 4 aromatic rings. The smallest absolute Gasteiger partial charge is 0.334 e. The average Bonchev–Trinajstić information content (AvgIpc) is 3.62. The first kappa shape index (κ1) is 29.3. The lowest BCUT2D eigenvalue weighted by molar-refractivity contribution is -0.140. The van der Waals surface area contributed by atoms with Crippen LogP contribution in [0.3, 0.4) is 0 Å². The van der Waals surface area contributed by atoms with Gasteiger partial charge in [-0.2, -0.15) is 13.2 Å². The molecule has 0 aliphatic carbocycles. The summed E-state index contributed by atoms with van der Waals surface area (Å²) in [7, 11) is 0. The molecule has 6 rings (SSSR count). The van der Waals surface area contributed by atoms with E-state index in [1.54, 1.807) is 29.3 Å². The number of pyridine rings is 1. The van der Waals surface area contributed by atoms with Crippen LogP contribution in [-0.4, -0.2) is 68.0 Å². The largest absolute Gasteiger partial charge is 0.434 e. The highest BCUT2D eigenvalue weighted by Gasteiger charge is 2.43. The van der Waals surface area contributed by atoms with E-state index in [1.807, 2.05) is 27.0 Å². The Morgan fingerprint density at radius 3 is 2.60 bits per heavy atom. The van der Waals surface area contributed by atoms with Gasteiger partial charge in [0.05, 0.1) is 17.9 Å². The van der Waals surface area contributed by atoms with Crippen molar-refractivity contribution in [3.05, 3.63) is 83.1 Å². The molecule has 8 nitrogen and oxygen atoms in total. The topological polar surface area (TPSA) is 70.7 Å². The lowest BCUT2D eigenvalue weighted by Crippen LogP contribution is -2.59. The molecule has 0 spiro atoms. The van der Waals surface area contributed by atoms with E-state index < -0.39 is 23.1 Å². The van der Waals surface area contributed by atoms with Gasteiger partial charge >= 0.3 is 6.18 Å². The zero-order valence-electron chi connectivity index (χ0n) is 24.6. The third-order valence-electron chi connectivity index (χ3n) is 8.57. The van der Waals surface area contributed by atoms with Gasteiger partial charge in [-0.1, -0.05) is 26.0 Å². The first-order valence-corrected chi connectivity index (χ1v) is 14.4. The van der Waals surface area contributed by atoms with Gasteiger partial charge in [0.2, 0.25) is 5.91 Å². The third-order valence-corrected chi connectivity index (χ3v) is 8.57. The number of halogens is 4. The lowest BCUT2D eigenvalue weighted by atomic mass is 9.90. The van der Waals surface area contributed by atoms with Crippen LogP contribution >= 0.6 is 0 Å². The molecule has 5 heterocycles. The van der Waals surface area contributed by atoms with Gasteiger partial charge in [0.1, 0.15) is 17.3 Å². The van der Waals surface area contributed by atoms with E-state index in [2.05, 4.69) is 31.7 Å². The number of alkyl halides is 3. The van der Waals surface area contributed by atoms with Gasteiger partial charge in [-0.15, -0.1) is 0 Å². The summed E-state index contributed by atoms with van der Waals surface area (Å²) in [4.78, 5) is 26.3. The fourth-order valence-electron chi connectivity index (χ4n) is 6.43. The second-order valence-corrected chi connectivity index (χ2v) is 12.4. The Morgan fingerprint density at radius 2 is 1.93 bits per heavy atom. The van der Waals surface area contributed by atoms with Gasteiger partial charge in [0, 0.05) is 74.3 Å². The van der Waals surface area contributed by atoms with Crippen molar-refractivity contribution in [2.24, 2.45) is 0 Å². The molecule has 1 amide bonds. The molecule has 0 saturated carbocycles.